The van der Waals surface area contributed by atoms with E-state index in [4.69, 9.17) is 42.6 Å². The highest BCUT2D eigenvalue weighted by molar-refractivity contribution is 5.73. The predicted molar refractivity (Wildman–Crippen MR) is 150 cm³/mol. The molecule has 21 nitrogen and oxygen atoms in total. The van der Waals surface area contributed by atoms with Crippen LogP contribution in [0.2, 0.25) is 0 Å². The lowest BCUT2D eigenvalue weighted by Crippen LogP contribution is -2.69. The smallest absolute Gasteiger partial charge is 0.303 e. The number of ether oxygens (including phenoxy) is 9. The zero-order valence-electron chi connectivity index (χ0n) is 26.7. The zero-order valence-corrected chi connectivity index (χ0v) is 26.7. The molecule has 10 N–H and O–H groups in total. The van der Waals surface area contributed by atoms with E-state index in [0.717, 1.165) is 13.8 Å². The van der Waals surface area contributed by atoms with Gasteiger partial charge in [0.25, 0.3) is 0 Å². The van der Waals surface area contributed by atoms with Crippen LogP contribution in [0.4, 0.5) is 0 Å². The summed E-state index contributed by atoms with van der Waals surface area (Å²) in [5.41, 5.74) is 0. The summed E-state index contributed by atoms with van der Waals surface area (Å²) in [4.78, 5) is 24.7. The van der Waals surface area contributed by atoms with Gasteiger partial charge in [-0.05, 0) is 6.92 Å². The van der Waals surface area contributed by atoms with Crippen LogP contribution in [0.3, 0.4) is 0 Å². The fourth-order valence-corrected chi connectivity index (χ4v) is 6.48. The molecule has 5 aliphatic rings. The summed E-state index contributed by atoms with van der Waals surface area (Å²) >= 11 is 0. The second-order valence-electron chi connectivity index (χ2n) is 12.6. The fraction of sp³-hybridized carbons (Fsp3) is 0.929. The lowest BCUT2D eigenvalue weighted by molar-refractivity contribution is -0.379. The molecule has 20 atom stereocenters. The van der Waals surface area contributed by atoms with Gasteiger partial charge in [-0.3, -0.25) is 9.59 Å². The van der Waals surface area contributed by atoms with Gasteiger partial charge in [-0.25, -0.2) is 0 Å². The first-order valence-electron chi connectivity index (χ1n) is 15.8. The molecule has 21 heteroatoms. The van der Waals surface area contributed by atoms with Crippen molar-refractivity contribution >= 4 is 11.9 Å². The van der Waals surface area contributed by atoms with Crippen molar-refractivity contribution in [3.8, 4) is 0 Å². The molecule has 5 fully saturated rings. The van der Waals surface area contributed by atoms with Gasteiger partial charge in [0.1, 0.15) is 85.4 Å². The van der Waals surface area contributed by atoms with Gasteiger partial charge in [0.2, 0.25) is 5.91 Å². The minimum atomic E-state index is -1.93. The summed E-state index contributed by atoms with van der Waals surface area (Å²) < 4.78 is 52.4. The molecule has 0 aliphatic carbocycles. The summed E-state index contributed by atoms with van der Waals surface area (Å²) in [5.74, 6) is -1.58. The van der Waals surface area contributed by atoms with E-state index < -0.39 is 154 Å². The van der Waals surface area contributed by atoms with Crippen molar-refractivity contribution in [3.05, 3.63) is 0 Å². The Morgan fingerprint density at radius 3 is 2.04 bits per heavy atom. The largest absolute Gasteiger partial charge is 0.454 e. The summed E-state index contributed by atoms with van der Waals surface area (Å²) in [5, 5.41) is 98.4. The lowest BCUT2D eigenvalue weighted by atomic mass is 9.94. The van der Waals surface area contributed by atoms with Crippen molar-refractivity contribution in [2.45, 2.75) is 144 Å². The van der Waals surface area contributed by atoms with Crippen LogP contribution < -0.4 is 5.32 Å². The molecule has 5 heterocycles. The van der Waals surface area contributed by atoms with E-state index >= 15 is 0 Å². The molecule has 0 aromatic heterocycles. The quantitative estimate of drug-likeness (QED) is 0.118. The zero-order chi connectivity index (χ0) is 35.9. The van der Waals surface area contributed by atoms with E-state index in [-0.39, 0.29) is 0 Å². The molecule has 5 saturated heterocycles. The molecular weight excluding hydrogens is 670 g/mol. The Labute approximate surface area is 279 Å². The molecule has 282 valence electrons. The van der Waals surface area contributed by atoms with Crippen molar-refractivity contribution in [2.75, 3.05) is 19.8 Å². The van der Waals surface area contributed by atoms with Gasteiger partial charge in [0, 0.05) is 13.8 Å². The molecule has 0 saturated carbocycles. The van der Waals surface area contributed by atoms with Gasteiger partial charge in [0.05, 0.1) is 25.9 Å². The van der Waals surface area contributed by atoms with Crippen LogP contribution in [0.1, 0.15) is 20.8 Å². The van der Waals surface area contributed by atoms with Crippen molar-refractivity contribution in [1.29, 1.82) is 0 Å². The van der Waals surface area contributed by atoms with Gasteiger partial charge in [-0.15, -0.1) is 0 Å². The Hall–Kier alpha value is -1.74. The summed E-state index contributed by atoms with van der Waals surface area (Å²) in [6.07, 6.45) is -31.2. The summed E-state index contributed by atoms with van der Waals surface area (Å²) in [7, 11) is 0. The Kier molecular flexibility index (Phi) is 12.5. The first-order chi connectivity index (χ1) is 23.2. The molecule has 1 amide bonds. The van der Waals surface area contributed by atoms with Gasteiger partial charge in [-0.2, -0.15) is 0 Å². The number of fused-ring (bicyclic) bond motifs is 7. The van der Waals surface area contributed by atoms with E-state index in [0.29, 0.717) is 0 Å². The van der Waals surface area contributed by atoms with Crippen LogP contribution in [0.15, 0.2) is 0 Å². The second-order valence-corrected chi connectivity index (χ2v) is 12.6. The monoisotopic (exact) mass is 715 g/mol. The van der Waals surface area contributed by atoms with Crippen molar-refractivity contribution < 1.29 is 98.2 Å². The van der Waals surface area contributed by atoms with Gasteiger partial charge in [-0.1, -0.05) is 0 Å². The van der Waals surface area contributed by atoms with E-state index in [1.807, 2.05) is 0 Å². The van der Waals surface area contributed by atoms with Gasteiger partial charge >= 0.3 is 5.97 Å². The first-order valence-corrected chi connectivity index (χ1v) is 15.8. The number of amides is 1. The van der Waals surface area contributed by atoms with Crippen LogP contribution in [0.5, 0.6) is 0 Å². The van der Waals surface area contributed by atoms with Crippen molar-refractivity contribution in [1.82, 2.24) is 5.32 Å². The average molecular weight is 716 g/mol. The van der Waals surface area contributed by atoms with Crippen LogP contribution in [-0.2, 0) is 52.2 Å². The normalized spacial score (nSPS) is 49.8. The third-order valence-corrected chi connectivity index (χ3v) is 9.05. The standard InChI is InChI=1S/C28H45NO20/c1-7-14(35)22-24(43-9(3)33)28(42-7)47-21-13(29-8(2)32)25(44-11(5-31)16(21)37)49-23-19(40)20(10(34)4-30)46-27(23)41-6-12-15(36)17(38)18(39)26(45-12)48-22/h7,10-28,30-31,34-40H,4-6H2,1-3H3,(H,29,32)/t7-,10+,11+,12+,13+,14-,15+,16+,17-,18+,19-,20-,21+,22+,23+,24+,25+,26+,27+,28-/m0/s1. The average Bonchev–Trinajstić information content (AvgIpc) is 3.36. The minimum Gasteiger partial charge on any atom is -0.454 e. The highest BCUT2D eigenvalue weighted by Crippen LogP contribution is 2.37. The highest BCUT2D eigenvalue weighted by atomic mass is 16.8. The molecule has 0 aromatic carbocycles. The van der Waals surface area contributed by atoms with E-state index in [1.165, 1.54) is 6.92 Å². The lowest BCUT2D eigenvalue weighted by Gasteiger charge is -2.50. The van der Waals surface area contributed by atoms with E-state index in [2.05, 4.69) is 5.32 Å². The Morgan fingerprint density at radius 2 is 1.41 bits per heavy atom. The second kappa shape index (κ2) is 15.9. The number of aliphatic hydroxyl groups is 9. The molecule has 5 aliphatic heterocycles. The molecule has 49 heavy (non-hydrogen) atoms. The third-order valence-electron chi connectivity index (χ3n) is 9.05. The van der Waals surface area contributed by atoms with Crippen LogP contribution >= 0.6 is 0 Å². The maximum Gasteiger partial charge on any atom is 0.303 e. The Morgan fingerprint density at radius 1 is 0.735 bits per heavy atom. The number of carbonyl (C=O) groups is 2. The van der Waals surface area contributed by atoms with Gasteiger partial charge in [0.15, 0.2) is 31.3 Å². The number of rotatable bonds is 5. The Balaban J connectivity index is 1.60. The first kappa shape index (κ1) is 38.5. The molecule has 0 aromatic rings. The predicted octanol–water partition coefficient (Wildman–Crippen LogP) is -6.96. The number of carbonyl (C=O) groups excluding carboxylic acids is 2. The van der Waals surface area contributed by atoms with E-state index in [9.17, 15) is 55.5 Å². The Bertz CT molecular complexity index is 1140. The topological polar surface area (TPSA) is 311 Å². The minimum absolute atomic E-state index is 0.642. The van der Waals surface area contributed by atoms with Crippen LogP contribution in [0.25, 0.3) is 0 Å². The summed E-state index contributed by atoms with van der Waals surface area (Å²) in [6, 6.07) is -1.47. The van der Waals surface area contributed by atoms with Gasteiger partial charge < -0.3 is 93.9 Å². The SMILES string of the molecule is CC(=O)N[C@H]1[C@H]2O[C@H]3[C@H](OC[C@H]4O[C@H](O[C@@H]5[C@@H](O)[C@H](C)O[C@@H](O[C@H]1[C@H](O)[C@@H](CO)O2)[C@@H]5OC(C)=O)[C@H](O)[C@@H](O)[C@@H]4O)O[C@@H]([C@H](O)CO)[C@@H]3O. The maximum absolute atomic E-state index is 12.4. The number of hydrogen-bond donors (Lipinski definition) is 10. The fourth-order valence-electron chi connectivity index (χ4n) is 6.48. The number of nitrogens with one attached hydrogen (secondary N) is 1. The van der Waals surface area contributed by atoms with Crippen LogP contribution in [0, 0.1) is 0 Å². The molecule has 0 spiro atoms. The molecule has 5 rings (SSSR count). The number of esters is 1. The molecule has 0 unspecified atom stereocenters. The van der Waals surface area contributed by atoms with E-state index in [1.54, 1.807) is 0 Å². The highest BCUT2D eigenvalue weighted by Gasteiger charge is 2.57. The molecular formula is C28H45NO20. The molecule has 0 radical (unpaired) electrons. The van der Waals surface area contributed by atoms with Crippen molar-refractivity contribution in [3.63, 3.8) is 0 Å². The third kappa shape index (κ3) is 7.88. The number of hydrogen-bond acceptors (Lipinski definition) is 20. The van der Waals surface area contributed by atoms with Crippen LogP contribution in [-0.4, -0.2) is 200 Å². The maximum atomic E-state index is 12.4. The van der Waals surface area contributed by atoms with Crippen molar-refractivity contribution in [2.24, 2.45) is 0 Å². The number of aliphatic hydroxyl groups excluding tert-OH is 9. The molecule has 6 bridgehead atoms. The summed E-state index contributed by atoms with van der Waals surface area (Å²) in [6.45, 7) is 1.25.